The lowest BCUT2D eigenvalue weighted by Crippen LogP contribution is -2.20. The second-order valence-corrected chi connectivity index (χ2v) is 4.97. The quantitative estimate of drug-likeness (QED) is 0.798. The monoisotopic (exact) mass is 302 g/mol. The van der Waals surface area contributed by atoms with E-state index in [1.54, 1.807) is 24.3 Å². The van der Waals surface area contributed by atoms with Crippen LogP contribution in [0.15, 0.2) is 66.7 Å². The van der Waals surface area contributed by atoms with Crippen LogP contribution >= 0.6 is 0 Å². The number of benzene rings is 3. The molecule has 1 amide bonds. The highest BCUT2D eigenvalue weighted by Gasteiger charge is 2.08. The Hall–Kier alpha value is -3.32. The minimum atomic E-state index is -0.269. The number of nitrogens with zero attached hydrogens (tertiary/aromatic N) is 1. The van der Waals surface area contributed by atoms with Gasteiger partial charge in [0.05, 0.1) is 5.56 Å². The van der Waals surface area contributed by atoms with Crippen molar-refractivity contribution in [3.05, 3.63) is 72.3 Å². The normalized spacial score (nSPS) is 10.0. The number of amides is 1. The molecule has 0 spiro atoms. The molecule has 0 aliphatic heterocycles. The largest absolute Gasteiger partial charge is 0.482 e. The lowest BCUT2D eigenvalue weighted by Gasteiger charge is -2.10. The molecule has 0 aromatic heterocycles. The zero-order valence-corrected chi connectivity index (χ0v) is 12.3. The Kier molecular flexibility index (Phi) is 4.21. The number of ether oxygens (including phenoxy) is 1. The van der Waals surface area contributed by atoms with Gasteiger partial charge in [-0.1, -0.05) is 48.5 Å². The summed E-state index contributed by atoms with van der Waals surface area (Å²) in [6, 6.07) is 22.4. The molecule has 4 heteroatoms. The van der Waals surface area contributed by atoms with Crippen molar-refractivity contribution in [3.63, 3.8) is 0 Å². The molecule has 0 heterocycles. The molecule has 3 aromatic carbocycles. The van der Waals surface area contributed by atoms with E-state index < -0.39 is 0 Å². The van der Waals surface area contributed by atoms with Crippen LogP contribution in [0.25, 0.3) is 10.8 Å². The van der Waals surface area contributed by atoms with Gasteiger partial charge in [-0.05, 0) is 23.6 Å². The summed E-state index contributed by atoms with van der Waals surface area (Å²) in [5, 5.41) is 13.9. The van der Waals surface area contributed by atoms with E-state index in [1.165, 1.54) is 0 Å². The Bertz CT molecular complexity index is 892. The summed E-state index contributed by atoms with van der Waals surface area (Å²) in [6.07, 6.45) is 0. The second-order valence-electron chi connectivity index (χ2n) is 4.97. The fourth-order valence-electron chi connectivity index (χ4n) is 2.35. The topological polar surface area (TPSA) is 62.1 Å². The van der Waals surface area contributed by atoms with Gasteiger partial charge in [-0.2, -0.15) is 5.26 Å². The van der Waals surface area contributed by atoms with Crippen LogP contribution in [0, 0.1) is 11.3 Å². The number of anilines is 1. The van der Waals surface area contributed by atoms with Crippen LogP contribution in [0.3, 0.4) is 0 Å². The maximum atomic E-state index is 12.1. The van der Waals surface area contributed by atoms with E-state index in [9.17, 15) is 4.79 Å². The molecule has 0 aliphatic carbocycles. The fourth-order valence-corrected chi connectivity index (χ4v) is 2.35. The zero-order chi connectivity index (χ0) is 16.1. The van der Waals surface area contributed by atoms with Crippen LogP contribution in [0.5, 0.6) is 5.75 Å². The van der Waals surface area contributed by atoms with Gasteiger partial charge in [0.15, 0.2) is 6.61 Å². The number of fused-ring (bicyclic) bond motifs is 1. The van der Waals surface area contributed by atoms with Crippen LogP contribution in [0.1, 0.15) is 5.56 Å². The van der Waals surface area contributed by atoms with Gasteiger partial charge in [0.25, 0.3) is 5.91 Å². The highest BCUT2D eigenvalue weighted by atomic mass is 16.5. The van der Waals surface area contributed by atoms with Crippen molar-refractivity contribution >= 4 is 22.4 Å². The van der Waals surface area contributed by atoms with Crippen molar-refractivity contribution in [2.75, 3.05) is 11.9 Å². The Morgan fingerprint density at radius 2 is 1.74 bits per heavy atom. The molecule has 3 aromatic rings. The molecule has 0 saturated carbocycles. The van der Waals surface area contributed by atoms with Crippen LogP contribution in [0.2, 0.25) is 0 Å². The molecule has 0 bridgehead atoms. The summed E-state index contributed by atoms with van der Waals surface area (Å²) >= 11 is 0. The van der Waals surface area contributed by atoms with E-state index in [-0.39, 0.29) is 12.5 Å². The van der Waals surface area contributed by atoms with Crippen molar-refractivity contribution in [1.29, 1.82) is 5.26 Å². The molecule has 0 unspecified atom stereocenters. The van der Waals surface area contributed by atoms with Gasteiger partial charge in [0.2, 0.25) is 0 Å². The molecule has 0 saturated heterocycles. The Morgan fingerprint density at radius 1 is 1.00 bits per heavy atom. The number of nitrogens with one attached hydrogen (secondary N) is 1. The summed E-state index contributed by atoms with van der Waals surface area (Å²) in [5.41, 5.74) is 1.15. The van der Waals surface area contributed by atoms with Gasteiger partial charge in [-0.3, -0.25) is 4.79 Å². The first-order valence-electron chi connectivity index (χ1n) is 7.17. The lowest BCUT2D eigenvalue weighted by molar-refractivity contribution is -0.118. The number of nitriles is 1. The van der Waals surface area contributed by atoms with Gasteiger partial charge in [0.1, 0.15) is 11.8 Å². The van der Waals surface area contributed by atoms with Gasteiger partial charge in [-0.15, -0.1) is 0 Å². The predicted octanol–water partition coefficient (Wildman–Crippen LogP) is 3.73. The van der Waals surface area contributed by atoms with E-state index in [2.05, 4.69) is 5.32 Å². The van der Waals surface area contributed by atoms with Crippen LogP contribution in [-0.2, 0) is 4.79 Å². The number of carbonyl (C=O) groups is 1. The minimum Gasteiger partial charge on any atom is -0.482 e. The first-order chi connectivity index (χ1) is 11.3. The predicted molar refractivity (Wildman–Crippen MR) is 89.2 cm³/mol. The Labute approximate surface area is 133 Å². The smallest absolute Gasteiger partial charge is 0.262 e. The Balaban J connectivity index is 1.71. The van der Waals surface area contributed by atoms with Crippen molar-refractivity contribution in [2.24, 2.45) is 0 Å². The van der Waals surface area contributed by atoms with Crippen LogP contribution < -0.4 is 10.1 Å². The summed E-state index contributed by atoms with van der Waals surface area (Å²) < 4.78 is 5.44. The summed E-state index contributed by atoms with van der Waals surface area (Å²) in [4.78, 5) is 12.1. The highest BCUT2D eigenvalue weighted by Crippen LogP contribution is 2.23. The van der Waals surface area contributed by atoms with E-state index >= 15 is 0 Å². The van der Waals surface area contributed by atoms with Crippen molar-refractivity contribution < 1.29 is 9.53 Å². The molecule has 0 aliphatic rings. The number of hydrogen-bond acceptors (Lipinski definition) is 3. The minimum absolute atomic E-state index is 0.151. The third-order valence-electron chi connectivity index (χ3n) is 3.43. The third kappa shape index (κ3) is 3.30. The van der Waals surface area contributed by atoms with Crippen molar-refractivity contribution in [1.82, 2.24) is 0 Å². The van der Waals surface area contributed by atoms with Gasteiger partial charge in [-0.25, -0.2) is 0 Å². The number of hydrogen-bond donors (Lipinski definition) is 1. The lowest BCUT2D eigenvalue weighted by atomic mass is 10.1. The fraction of sp³-hybridized carbons (Fsp3) is 0.0526. The van der Waals surface area contributed by atoms with E-state index in [4.69, 9.17) is 10.00 Å². The molecule has 1 N–H and O–H groups in total. The number of carbonyl (C=O) groups excluding carboxylic acids is 1. The van der Waals surface area contributed by atoms with Gasteiger partial charge >= 0.3 is 0 Å². The Morgan fingerprint density at radius 3 is 2.61 bits per heavy atom. The molecule has 0 radical (unpaired) electrons. The van der Waals surface area contributed by atoms with E-state index in [1.807, 2.05) is 48.5 Å². The number of rotatable bonds is 4. The third-order valence-corrected chi connectivity index (χ3v) is 3.43. The maximum absolute atomic E-state index is 12.1. The summed E-state index contributed by atoms with van der Waals surface area (Å²) in [5.74, 6) is 0.136. The van der Waals surface area contributed by atoms with E-state index in [0.717, 1.165) is 16.5 Å². The molecule has 0 atom stereocenters. The first kappa shape index (κ1) is 14.6. The summed E-state index contributed by atoms with van der Waals surface area (Å²) in [6.45, 7) is -0.151. The van der Waals surface area contributed by atoms with Crippen LogP contribution in [0.4, 0.5) is 5.69 Å². The molecule has 0 fully saturated rings. The van der Waals surface area contributed by atoms with Gasteiger partial charge in [0, 0.05) is 11.1 Å². The van der Waals surface area contributed by atoms with Crippen molar-refractivity contribution in [2.45, 2.75) is 0 Å². The number of para-hydroxylation sites is 1. The molecular weight excluding hydrogens is 288 g/mol. The molecule has 3 rings (SSSR count). The summed E-state index contributed by atoms with van der Waals surface area (Å²) in [7, 11) is 0. The molecule has 112 valence electrons. The standard InChI is InChI=1S/C19H14N2O2/c20-12-15-7-2-4-11-18(15)23-13-19(22)21-17-10-5-8-14-6-1-3-9-16(14)17/h1-11H,13H2,(H,21,22). The highest BCUT2D eigenvalue weighted by molar-refractivity contribution is 6.02. The van der Waals surface area contributed by atoms with Gasteiger partial charge < -0.3 is 10.1 Å². The molecular formula is C19H14N2O2. The van der Waals surface area contributed by atoms with Crippen molar-refractivity contribution in [3.8, 4) is 11.8 Å². The van der Waals surface area contributed by atoms with E-state index in [0.29, 0.717) is 11.3 Å². The molecule has 4 nitrogen and oxygen atoms in total. The molecule has 23 heavy (non-hydrogen) atoms. The average molecular weight is 302 g/mol. The maximum Gasteiger partial charge on any atom is 0.262 e. The second kappa shape index (κ2) is 6.63. The first-order valence-corrected chi connectivity index (χ1v) is 7.17. The SMILES string of the molecule is N#Cc1ccccc1OCC(=O)Nc1cccc2ccccc12. The van der Waals surface area contributed by atoms with Crippen LogP contribution in [-0.4, -0.2) is 12.5 Å². The zero-order valence-electron chi connectivity index (χ0n) is 12.3. The average Bonchev–Trinajstić information content (AvgIpc) is 2.60.